The number of esters is 1. The fourth-order valence-electron chi connectivity index (χ4n) is 7.46. The molecule has 0 fully saturated rings. The van der Waals surface area contributed by atoms with Gasteiger partial charge in [-0.1, -0.05) is 18.2 Å². The highest BCUT2D eigenvalue weighted by molar-refractivity contribution is 6.15. The molecule has 2 aliphatic rings. The highest BCUT2D eigenvalue weighted by Gasteiger charge is 2.36. The summed E-state index contributed by atoms with van der Waals surface area (Å²) in [5.41, 5.74) is 10.3. The second kappa shape index (κ2) is 19.2. The lowest BCUT2D eigenvalue weighted by molar-refractivity contribution is -0.144. The number of aryl methyl sites for hydroxylation is 3. The number of aliphatic imine (C=N–C) groups is 1. The van der Waals surface area contributed by atoms with Crippen LogP contribution < -0.4 is 41.4 Å². The number of carbonyl (C=O) groups is 6. The summed E-state index contributed by atoms with van der Waals surface area (Å²) in [5, 5.41) is 11.2. The molecule has 6 N–H and O–H groups in total. The van der Waals surface area contributed by atoms with Gasteiger partial charge in [-0.2, -0.15) is 0 Å². The summed E-state index contributed by atoms with van der Waals surface area (Å²) in [4.78, 5) is 83.8. The molecule has 334 valence electrons. The quantitative estimate of drug-likeness (QED) is 0.0656. The van der Waals surface area contributed by atoms with Crippen LogP contribution in [0.4, 0.5) is 28.4 Å². The molecule has 5 amide bonds. The van der Waals surface area contributed by atoms with Crippen LogP contribution in [0.5, 0.6) is 11.5 Å². The second-order valence-electron chi connectivity index (χ2n) is 15.5. The van der Waals surface area contributed by atoms with E-state index >= 15 is 0 Å². The normalized spacial score (nSPS) is 14.1. The van der Waals surface area contributed by atoms with Crippen molar-refractivity contribution in [3.8, 4) is 11.5 Å². The zero-order valence-corrected chi connectivity index (χ0v) is 36.1. The fraction of sp³-hybridized carbons (Fsp3) is 0.311. The average molecular weight is 875 g/mol. The number of para-hydroxylation sites is 1. The van der Waals surface area contributed by atoms with Gasteiger partial charge in [0, 0.05) is 77.1 Å². The van der Waals surface area contributed by atoms with E-state index in [1.807, 2.05) is 24.3 Å². The Bertz CT molecular complexity index is 2660. The molecule has 7 rings (SSSR count). The van der Waals surface area contributed by atoms with Crippen molar-refractivity contribution < 1.29 is 43.0 Å². The molecular formula is C45H50N10O9. The monoisotopic (exact) mass is 874 g/mol. The number of hydrogen-bond acceptors (Lipinski definition) is 11. The van der Waals surface area contributed by atoms with Gasteiger partial charge in [0.05, 0.1) is 54.7 Å². The number of ether oxygens (including phenoxy) is 3. The van der Waals surface area contributed by atoms with Gasteiger partial charge in [-0.05, 0) is 55.7 Å². The summed E-state index contributed by atoms with van der Waals surface area (Å²) in [7, 11) is 6.49. The summed E-state index contributed by atoms with van der Waals surface area (Å²) in [5.74, 6) is -1.50. The standard InChI is InChI=1S/C45H50N10O9/c1-26(46)45(61)64-15-9-13-47-41(57)35-18-29(24-52(35)2)50-43(59)37-19-30(25-54(37)4)51-42(58)36-17-28(23-53(36)3)49-40(56)12-8-14-63-39-21-33-32(20-38(39)62-5)44(60)55-31(22-48-33)16-27-10-6-7-11-34(27)55/h6-7,10-11,17-26,31H,8-9,12-16,46H2,1-5H3,(H,47,57)(H,49,56)(H,50,59)(H,51,58)/t26-,31+/m1/s1. The molecule has 0 saturated heterocycles. The maximum Gasteiger partial charge on any atom is 0.322 e. The lowest BCUT2D eigenvalue weighted by Gasteiger charge is -2.22. The molecule has 0 bridgehead atoms. The van der Waals surface area contributed by atoms with Crippen LogP contribution in [0.1, 0.15) is 73.6 Å². The predicted molar refractivity (Wildman–Crippen MR) is 239 cm³/mol. The number of anilines is 4. The zero-order valence-electron chi connectivity index (χ0n) is 36.1. The van der Waals surface area contributed by atoms with Crippen molar-refractivity contribution in [3.05, 3.63) is 101 Å². The summed E-state index contributed by atoms with van der Waals surface area (Å²) in [6.45, 7) is 2.09. The maximum absolute atomic E-state index is 13.7. The van der Waals surface area contributed by atoms with E-state index in [-0.39, 0.29) is 61.3 Å². The number of nitrogens with two attached hydrogens (primary N) is 1. The first kappa shape index (κ1) is 44.4. The first-order valence-electron chi connectivity index (χ1n) is 20.6. The molecule has 0 unspecified atom stereocenters. The highest BCUT2D eigenvalue weighted by Crippen LogP contribution is 2.41. The molecular weight excluding hydrogens is 825 g/mol. The molecule has 19 heteroatoms. The van der Waals surface area contributed by atoms with E-state index in [2.05, 4.69) is 26.3 Å². The Morgan fingerprint density at radius 2 is 1.41 bits per heavy atom. The van der Waals surface area contributed by atoms with E-state index in [0.29, 0.717) is 64.8 Å². The van der Waals surface area contributed by atoms with Crippen molar-refractivity contribution in [1.29, 1.82) is 0 Å². The van der Waals surface area contributed by atoms with Crippen molar-refractivity contribution in [1.82, 2.24) is 19.0 Å². The molecule has 0 spiro atoms. The van der Waals surface area contributed by atoms with Crippen LogP contribution in [0.2, 0.25) is 0 Å². The zero-order chi connectivity index (χ0) is 45.7. The van der Waals surface area contributed by atoms with E-state index in [1.165, 1.54) is 26.2 Å². The van der Waals surface area contributed by atoms with Crippen LogP contribution in [-0.4, -0.2) is 94.4 Å². The van der Waals surface area contributed by atoms with E-state index < -0.39 is 23.8 Å². The topological polar surface area (TPSA) is 235 Å². The number of fused-ring (bicyclic) bond motifs is 4. The van der Waals surface area contributed by atoms with Gasteiger partial charge in [0.25, 0.3) is 23.6 Å². The Labute approximate surface area is 368 Å². The van der Waals surface area contributed by atoms with Crippen LogP contribution in [-0.2, 0) is 41.9 Å². The maximum atomic E-state index is 13.7. The molecule has 3 aromatic heterocycles. The van der Waals surface area contributed by atoms with Crippen LogP contribution in [0, 0.1) is 0 Å². The third-order valence-corrected chi connectivity index (χ3v) is 10.7. The second-order valence-corrected chi connectivity index (χ2v) is 15.5. The average Bonchev–Trinajstić information content (AvgIpc) is 4.02. The van der Waals surface area contributed by atoms with Gasteiger partial charge in [-0.25, -0.2) is 0 Å². The number of methoxy groups -OCH3 is 1. The first-order chi connectivity index (χ1) is 30.7. The van der Waals surface area contributed by atoms with Gasteiger partial charge < -0.3 is 54.9 Å². The van der Waals surface area contributed by atoms with Crippen molar-refractivity contribution in [2.75, 3.05) is 47.7 Å². The van der Waals surface area contributed by atoms with Gasteiger partial charge in [-0.15, -0.1) is 0 Å². The smallest absolute Gasteiger partial charge is 0.322 e. The van der Waals surface area contributed by atoms with E-state index in [9.17, 15) is 28.8 Å². The Kier molecular flexibility index (Phi) is 13.3. The van der Waals surface area contributed by atoms with E-state index in [1.54, 1.807) is 82.7 Å². The molecule has 5 aromatic rings. The summed E-state index contributed by atoms with van der Waals surface area (Å²) >= 11 is 0. The van der Waals surface area contributed by atoms with Crippen molar-refractivity contribution in [2.45, 2.75) is 44.7 Å². The lowest BCUT2D eigenvalue weighted by Crippen LogP contribution is -2.37. The van der Waals surface area contributed by atoms with Gasteiger partial charge in [-0.3, -0.25) is 38.7 Å². The molecule has 0 saturated carbocycles. The number of carbonyl (C=O) groups excluding carboxylic acids is 6. The Balaban J connectivity index is 0.874. The van der Waals surface area contributed by atoms with Crippen LogP contribution >= 0.6 is 0 Å². The Hall–Kier alpha value is -7.67. The Morgan fingerprint density at radius 3 is 2.03 bits per heavy atom. The molecule has 2 aliphatic heterocycles. The number of rotatable bonds is 17. The molecule has 64 heavy (non-hydrogen) atoms. The number of benzene rings is 2. The first-order valence-corrected chi connectivity index (χ1v) is 20.6. The predicted octanol–water partition coefficient (Wildman–Crippen LogP) is 4.31. The molecule has 0 aliphatic carbocycles. The van der Waals surface area contributed by atoms with Gasteiger partial charge >= 0.3 is 5.97 Å². The minimum absolute atomic E-state index is 0.117. The van der Waals surface area contributed by atoms with Crippen molar-refractivity contribution >= 4 is 70.2 Å². The Morgan fingerprint density at radius 1 is 0.797 bits per heavy atom. The number of aromatic nitrogens is 3. The highest BCUT2D eigenvalue weighted by atomic mass is 16.5. The minimum atomic E-state index is -0.722. The third kappa shape index (κ3) is 9.84. The van der Waals surface area contributed by atoms with E-state index in [4.69, 9.17) is 19.9 Å². The van der Waals surface area contributed by atoms with Crippen molar-refractivity contribution in [3.63, 3.8) is 0 Å². The van der Waals surface area contributed by atoms with Crippen LogP contribution in [0.15, 0.2) is 78.2 Å². The summed E-state index contributed by atoms with van der Waals surface area (Å²) in [6.07, 6.45) is 8.16. The molecule has 0 radical (unpaired) electrons. The van der Waals surface area contributed by atoms with Gasteiger partial charge in [0.15, 0.2) is 11.5 Å². The molecule has 2 aromatic carbocycles. The largest absolute Gasteiger partial charge is 0.493 e. The molecule has 2 atom stereocenters. The summed E-state index contributed by atoms with van der Waals surface area (Å²) < 4.78 is 21.3. The van der Waals surface area contributed by atoms with Gasteiger partial charge in [0.1, 0.15) is 23.1 Å². The van der Waals surface area contributed by atoms with E-state index in [0.717, 1.165) is 11.3 Å². The molecule has 5 heterocycles. The number of hydrogen-bond donors (Lipinski definition) is 5. The summed E-state index contributed by atoms with van der Waals surface area (Å²) in [6, 6.07) is 14.8. The minimum Gasteiger partial charge on any atom is -0.493 e. The van der Waals surface area contributed by atoms with Crippen molar-refractivity contribution in [2.24, 2.45) is 31.9 Å². The SMILES string of the molecule is COc1cc2c(cc1OCCCC(=O)Nc1cc(C(=O)Nc3cc(C(=O)Nc4cc(C(=O)NCCCOC(=O)[C@@H](C)N)n(C)c4)n(C)c3)n(C)c1)N=C[C@@H]1Cc3ccccc3N1C2=O. The fourth-order valence-corrected chi connectivity index (χ4v) is 7.46. The number of amides is 5. The van der Waals surface area contributed by atoms with Gasteiger partial charge in [0.2, 0.25) is 5.91 Å². The van der Waals surface area contributed by atoms with Crippen LogP contribution in [0.25, 0.3) is 0 Å². The third-order valence-electron chi connectivity index (χ3n) is 10.7. The lowest BCUT2D eigenvalue weighted by atomic mass is 10.1. The number of nitrogens with one attached hydrogen (secondary N) is 4. The molecule has 19 nitrogen and oxygen atoms in total. The van der Waals surface area contributed by atoms with Crippen LogP contribution in [0.3, 0.4) is 0 Å². The number of nitrogens with zero attached hydrogens (tertiary/aromatic N) is 5.